The predicted molar refractivity (Wildman–Crippen MR) is 102 cm³/mol. The smallest absolute Gasteiger partial charge is 0.374 e. The van der Waals surface area contributed by atoms with Gasteiger partial charge >= 0.3 is 17.9 Å². The third kappa shape index (κ3) is 3.48. The van der Waals surface area contributed by atoms with E-state index in [4.69, 9.17) is 4.74 Å². The van der Waals surface area contributed by atoms with Crippen LogP contribution in [0.25, 0.3) is 5.52 Å². The van der Waals surface area contributed by atoms with E-state index in [1.54, 1.807) is 35.4 Å². The lowest BCUT2D eigenvalue weighted by atomic mass is 10.1. The maximum absolute atomic E-state index is 13.7. The number of aromatic nitrogens is 3. The van der Waals surface area contributed by atoms with Crippen LogP contribution in [0.3, 0.4) is 0 Å². The summed E-state index contributed by atoms with van der Waals surface area (Å²) in [7, 11) is 0. The van der Waals surface area contributed by atoms with E-state index < -0.39 is 18.1 Å². The molecule has 2 bridgehead atoms. The number of carbonyl (C=O) groups is 2. The van der Waals surface area contributed by atoms with Crippen molar-refractivity contribution in [1.29, 1.82) is 0 Å². The van der Waals surface area contributed by atoms with Crippen LogP contribution in [0.2, 0.25) is 0 Å². The average molecular weight is 447 g/mol. The second-order valence-corrected chi connectivity index (χ2v) is 7.87. The molecule has 0 saturated carbocycles. The molecular weight excluding hydrogens is 427 g/mol. The van der Waals surface area contributed by atoms with Crippen molar-refractivity contribution in [3.8, 4) is 0 Å². The van der Waals surface area contributed by atoms with Gasteiger partial charge in [-0.2, -0.15) is 17.6 Å². The van der Waals surface area contributed by atoms with Gasteiger partial charge in [-0.1, -0.05) is 12.1 Å². The Morgan fingerprint density at radius 2 is 2.06 bits per heavy atom. The van der Waals surface area contributed by atoms with Gasteiger partial charge in [0.1, 0.15) is 0 Å². The number of rotatable bonds is 4. The van der Waals surface area contributed by atoms with Gasteiger partial charge in [-0.05, 0) is 18.6 Å². The topological polar surface area (TPSA) is 92.7 Å². The summed E-state index contributed by atoms with van der Waals surface area (Å²) >= 11 is 0. The second kappa shape index (κ2) is 7.59. The Bertz CT molecular complexity index is 1180. The minimum atomic E-state index is -4.73. The molecule has 8 nitrogen and oxygen atoms in total. The molecule has 0 radical (unpaired) electrons. The molecule has 3 atom stereocenters. The minimum absolute atomic E-state index is 0.00684. The molecule has 5 rings (SSSR count). The van der Waals surface area contributed by atoms with Crippen molar-refractivity contribution in [1.82, 2.24) is 15.2 Å². The van der Waals surface area contributed by atoms with Gasteiger partial charge in [0.25, 0.3) is 5.91 Å². The van der Waals surface area contributed by atoms with Crippen LogP contribution in [-0.4, -0.2) is 53.2 Å². The molecule has 0 aliphatic carbocycles. The highest BCUT2D eigenvalue weighted by Gasteiger charge is 2.47. The average Bonchev–Trinajstić information content (AvgIpc) is 3.51. The number of ether oxygens (including phenoxy) is 1. The number of likely N-dealkylation sites (tertiary alicyclic amines) is 1. The number of amides is 2. The number of nitrogens with zero attached hydrogens (tertiary/aromatic N) is 2. The third-order valence-corrected chi connectivity index (χ3v) is 5.84. The molecular formula is C21H20F3N5O3+2. The van der Waals surface area contributed by atoms with Crippen LogP contribution >= 0.6 is 0 Å². The fraction of sp³-hybridized carbons (Fsp3) is 0.333. The quantitative estimate of drug-likeness (QED) is 0.589. The molecule has 3 aromatic rings. The summed E-state index contributed by atoms with van der Waals surface area (Å²) in [5.74, 6) is -1.20. The first-order valence-electron chi connectivity index (χ1n) is 10.1. The first-order valence-corrected chi connectivity index (χ1v) is 10.1. The van der Waals surface area contributed by atoms with Gasteiger partial charge in [-0.15, -0.1) is 0 Å². The van der Waals surface area contributed by atoms with Gasteiger partial charge < -0.3 is 15.0 Å². The molecule has 1 unspecified atom stereocenters. The van der Waals surface area contributed by atoms with Gasteiger partial charge in [-0.3, -0.25) is 9.59 Å². The molecule has 3 N–H and O–H groups in total. The zero-order valence-corrected chi connectivity index (χ0v) is 16.7. The lowest BCUT2D eigenvalue weighted by Gasteiger charge is -2.24. The van der Waals surface area contributed by atoms with Crippen LogP contribution in [0.4, 0.5) is 13.2 Å². The van der Waals surface area contributed by atoms with Gasteiger partial charge in [0.2, 0.25) is 17.4 Å². The summed E-state index contributed by atoms with van der Waals surface area (Å²) < 4.78 is 48.1. The zero-order chi connectivity index (χ0) is 22.5. The highest BCUT2D eigenvalue weighted by atomic mass is 19.4. The van der Waals surface area contributed by atoms with Gasteiger partial charge in [0.05, 0.1) is 24.9 Å². The number of pyridine rings is 2. The standard InChI is InChI=1S/C21H18F3N5O3/c22-21(23,24)17(14-5-1-3-7-25-14)27-19(30)16-15-6-2-4-8-28(15)18(26-16)20(31)29-10-13-9-12(29)11-32-13/h1-8,12-13,17H,9-11H2,(H,27,30)/p+2/t12-,13-,17?/m1/s1. The van der Waals surface area contributed by atoms with E-state index in [2.05, 4.69) is 9.97 Å². The summed E-state index contributed by atoms with van der Waals surface area (Å²) in [5.41, 5.74) is -0.0343. The first-order chi connectivity index (χ1) is 15.3. The maximum Gasteiger partial charge on any atom is 0.418 e. The summed E-state index contributed by atoms with van der Waals surface area (Å²) in [4.78, 5) is 33.1. The first kappa shape index (κ1) is 20.4. The van der Waals surface area contributed by atoms with E-state index in [1.807, 2.05) is 5.32 Å². The van der Waals surface area contributed by atoms with Gasteiger partial charge in [-0.25, -0.2) is 9.97 Å². The summed E-state index contributed by atoms with van der Waals surface area (Å²) in [5, 5.41) is 2.05. The van der Waals surface area contributed by atoms with Crippen LogP contribution in [-0.2, 0) is 4.74 Å². The normalized spacial score (nSPS) is 21.2. The SMILES string of the molecule is O=C(NC(c1cccc[nH+]1)C(F)(F)F)c1[nH]c(C(=O)N2C[C@H]3C[C@@H]2CO3)[n+]2ccccc12. The molecule has 166 valence electrons. The van der Waals surface area contributed by atoms with Crippen molar-refractivity contribution in [2.45, 2.75) is 30.8 Å². The number of hydrogen-bond donors (Lipinski definition) is 2. The molecule has 2 aliphatic heterocycles. The highest BCUT2D eigenvalue weighted by Crippen LogP contribution is 2.31. The summed E-state index contributed by atoms with van der Waals surface area (Å²) in [6, 6.07) is 6.84. The number of H-pyrrole nitrogens is 2. The number of alkyl halides is 3. The van der Waals surface area contributed by atoms with Crippen LogP contribution in [0, 0.1) is 0 Å². The molecule has 11 heteroatoms. The van der Waals surface area contributed by atoms with E-state index in [0.717, 1.165) is 6.42 Å². The lowest BCUT2D eigenvalue weighted by molar-refractivity contribution is -0.514. The largest absolute Gasteiger partial charge is 0.418 e. The Morgan fingerprint density at radius 3 is 2.72 bits per heavy atom. The number of nitrogens with one attached hydrogen (secondary N) is 3. The molecule has 3 aromatic heterocycles. The monoisotopic (exact) mass is 447 g/mol. The van der Waals surface area contributed by atoms with Crippen molar-refractivity contribution < 1.29 is 36.9 Å². The van der Waals surface area contributed by atoms with Crippen molar-refractivity contribution in [2.24, 2.45) is 0 Å². The van der Waals surface area contributed by atoms with Crippen molar-refractivity contribution in [3.05, 3.63) is 66.0 Å². The number of morpholine rings is 1. The molecule has 5 heterocycles. The number of halogens is 3. The van der Waals surface area contributed by atoms with Crippen LogP contribution in [0.15, 0.2) is 48.8 Å². The Morgan fingerprint density at radius 1 is 1.25 bits per heavy atom. The molecule has 0 spiro atoms. The lowest BCUT2D eigenvalue weighted by Crippen LogP contribution is -2.45. The van der Waals surface area contributed by atoms with Crippen LogP contribution in [0.5, 0.6) is 0 Å². The second-order valence-electron chi connectivity index (χ2n) is 7.87. The number of hydrogen-bond acceptors (Lipinski definition) is 3. The van der Waals surface area contributed by atoms with Gasteiger partial charge in [0.15, 0.2) is 11.7 Å². The zero-order valence-electron chi connectivity index (χ0n) is 16.7. The van der Waals surface area contributed by atoms with E-state index in [0.29, 0.717) is 18.7 Å². The van der Waals surface area contributed by atoms with Crippen molar-refractivity contribution in [2.75, 3.05) is 13.2 Å². The Hall–Kier alpha value is -3.47. The van der Waals surface area contributed by atoms with Crippen molar-refractivity contribution >= 4 is 17.3 Å². The minimum Gasteiger partial charge on any atom is -0.374 e. The molecule has 0 aromatic carbocycles. The number of imidazole rings is 1. The van der Waals surface area contributed by atoms with Crippen molar-refractivity contribution in [3.63, 3.8) is 0 Å². The molecule has 2 saturated heterocycles. The third-order valence-electron chi connectivity index (χ3n) is 5.84. The highest BCUT2D eigenvalue weighted by molar-refractivity contribution is 6.00. The fourth-order valence-electron chi connectivity index (χ4n) is 4.32. The molecule has 2 aliphatic rings. The maximum atomic E-state index is 13.7. The van der Waals surface area contributed by atoms with E-state index in [1.165, 1.54) is 22.7 Å². The van der Waals surface area contributed by atoms with Crippen LogP contribution in [0.1, 0.15) is 39.3 Å². The molecule has 2 amide bonds. The fourth-order valence-corrected chi connectivity index (χ4v) is 4.32. The van der Waals surface area contributed by atoms with E-state index in [9.17, 15) is 22.8 Å². The predicted octanol–water partition coefficient (Wildman–Crippen LogP) is 1.21. The molecule has 2 fully saturated rings. The summed E-state index contributed by atoms with van der Waals surface area (Å²) in [6.45, 7) is 0.896. The summed E-state index contributed by atoms with van der Waals surface area (Å²) in [6.07, 6.45) is -1.04. The van der Waals surface area contributed by atoms with Crippen LogP contribution < -0.4 is 14.7 Å². The number of carbonyl (C=O) groups excluding carboxylic acids is 2. The molecule has 32 heavy (non-hydrogen) atoms. The number of aromatic amines is 2. The van der Waals surface area contributed by atoms with E-state index >= 15 is 0 Å². The number of fused-ring (bicyclic) bond motifs is 3. The van der Waals surface area contributed by atoms with E-state index in [-0.39, 0.29) is 35.3 Å². The Kier molecular flexibility index (Phi) is 4.85. The Labute approximate surface area is 180 Å². The Balaban J connectivity index is 1.49. The van der Waals surface area contributed by atoms with Gasteiger partial charge in [0, 0.05) is 18.7 Å².